The molecule has 0 aromatic carbocycles. The topological polar surface area (TPSA) is 112 Å². The molecule has 0 unspecified atom stereocenters. The van der Waals surface area contributed by atoms with E-state index in [1.807, 2.05) is 0 Å². The molecule has 1 atom stereocenters. The van der Waals surface area contributed by atoms with Gasteiger partial charge in [-0.15, -0.1) is 0 Å². The summed E-state index contributed by atoms with van der Waals surface area (Å²) < 4.78 is 0. The Bertz CT molecular complexity index is 310. The Morgan fingerprint density at radius 3 is 1.93 bits per heavy atom. The third-order valence-corrected chi connectivity index (χ3v) is 1.78. The summed E-state index contributed by atoms with van der Waals surface area (Å²) in [6, 6.07) is -1.23. The average Bonchev–Trinajstić information content (AvgIpc) is 2.11. The van der Waals surface area contributed by atoms with E-state index in [2.05, 4.69) is 0 Å². The predicted octanol–water partition coefficient (Wildman–Crippen LogP) is -1.04. The molecule has 7 heteroatoms. The highest BCUT2D eigenvalue weighted by molar-refractivity contribution is 6.33. The summed E-state index contributed by atoms with van der Waals surface area (Å²) >= 11 is 0. The van der Waals surface area contributed by atoms with E-state index in [4.69, 9.17) is 10.2 Å². The fraction of sp³-hybridized carbons (Fsp3) is 0.500. The van der Waals surface area contributed by atoms with Crippen molar-refractivity contribution in [2.45, 2.75) is 19.9 Å². The molecule has 0 saturated heterocycles. The van der Waals surface area contributed by atoms with Crippen molar-refractivity contribution in [2.24, 2.45) is 0 Å². The molecule has 0 aromatic rings. The van der Waals surface area contributed by atoms with Gasteiger partial charge in [-0.3, -0.25) is 9.59 Å². The van der Waals surface area contributed by atoms with Gasteiger partial charge in [0.05, 0.1) is 6.54 Å². The molecule has 0 saturated carbocycles. The van der Waals surface area contributed by atoms with Gasteiger partial charge in [0.15, 0.2) is 0 Å². The lowest BCUT2D eigenvalue weighted by molar-refractivity contribution is -0.154. The summed E-state index contributed by atoms with van der Waals surface area (Å²) in [6.45, 7) is 1.52. The van der Waals surface area contributed by atoms with Gasteiger partial charge in [-0.05, 0) is 6.92 Å². The molecule has 2 N–H and O–H groups in total. The monoisotopic (exact) mass is 217 g/mol. The molecule has 0 fully saturated rings. The van der Waals surface area contributed by atoms with E-state index >= 15 is 0 Å². The number of Topliss-reactive ketones (excluding diaryl/α,β-unsaturated/α-hetero) is 1. The molecule has 0 aliphatic rings. The minimum atomic E-state index is -1.70. The van der Waals surface area contributed by atoms with Crippen LogP contribution in [-0.2, 0) is 19.2 Å². The number of hydrogen-bond donors (Lipinski definition) is 2. The summed E-state index contributed by atoms with van der Waals surface area (Å²) in [5.74, 6) is -4.89. The lowest BCUT2D eigenvalue weighted by Crippen LogP contribution is -2.46. The first-order valence-corrected chi connectivity index (χ1v) is 4.03. The smallest absolute Gasteiger partial charge is 0.374 e. The van der Waals surface area contributed by atoms with Gasteiger partial charge in [-0.2, -0.15) is 0 Å². The van der Waals surface area contributed by atoms with Crippen molar-refractivity contribution < 1.29 is 29.4 Å². The Kier molecular flexibility index (Phi) is 4.43. The highest BCUT2D eigenvalue weighted by atomic mass is 16.4. The molecular formula is C8H11NO6. The summed E-state index contributed by atoms with van der Waals surface area (Å²) in [4.78, 5) is 43.2. The van der Waals surface area contributed by atoms with E-state index in [-0.39, 0.29) is 0 Å². The Morgan fingerprint density at radius 2 is 1.67 bits per heavy atom. The zero-order chi connectivity index (χ0) is 12.2. The summed E-state index contributed by atoms with van der Waals surface area (Å²) in [6.07, 6.45) is 0. The lowest BCUT2D eigenvalue weighted by atomic mass is 10.2. The summed E-state index contributed by atoms with van der Waals surface area (Å²) in [5, 5.41) is 16.9. The number of nitrogens with zero attached hydrogens (tertiary/aromatic N) is 1. The third kappa shape index (κ3) is 3.75. The minimum Gasteiger partial charge on any atom is -0.480 e. The first-order chi connectivity index (χ1) is 6.77. The summed E-state index contributed by atoms with van der Waals surface area (Å²) in [5.41, 5.74) is 0. The van der Waals surface area contributed by atoms with Crippen LogP contribution in [0.5, 0.6) is 0 Å². The van der Waals surface area contributed by atoms with Crippen molar-refractivity contribution in [3.05, 3.63) is 0 Å². The highest BCUT2D eigenvalue weighted by Gasteiger charge is 2.27. The maximum atomic E-state index is 11.0. The first-order valence-electron chi connectivity index (χ1n) is 4.03. The van der Waals surface area contributed by atoms with Crippen LogP contribution in [0, 0.1) is 0 Å². The zero-order valence-corrected chi connectivity index (χ0v) is 8.26. The second kappa shape index (κ2) is 5.08. The second-order valence-corrected chi connectivity index (χ2v) is 2.89. The van der Waals surface area contributed by atoms with E-state index in [9.17, 15) is 19.2 Å². The lowest BCUT2D eigenvalue weighted by Gasteiger charge is -2.23. The number of carboxylic acid groups (broad SMARTS) is 2. The number of aliphatic carboxylic acids is 2. The maximum Gasteiger partial charge on any atom is 0.374 e. The molecule has 84 valence electrons. The molecule has 0 bridgehead atoms. The maximum absolute atomic E-state index is 11.0. The molecule has 0 aliphatic carbocycles. The minimum absolute atomic E-state index is 0.667. The number of ketones is 1. The predicted molar refractivity (Wildman–Crippen MR) is 47.1 cm³/mol. The van der Waals surface area contributed by atoms with Crippen molar-refractivity contribution in [3.63, 3.8) is 0 Å². The largest absolute Gasteiger partial charge is 0.480 e. The Balaban J connectivity index is 4.70. The Labute approximate surface area is 85.3 Å². The molecule has 0 aliphatic heterocycles. The van der Waals surface area contributed by atoms with Crippen molar-refractivity contribution in [3.8, 4) is 0 Å². The van der Waals surface area contributed by atoms with Gasteiger partial charge in [-0.25, -0.2) is 9.59 Å². The molecule has 0 rings (SSSR count). The fourth-order valence-corrected chi connectivity index (χ4v) is 0.877. The first kappa shape index (κ1) is 13.1. The quantitative estimate of drug-likeness (QED) is 0.569. The number of hydrogen-bond acceptors (Lipinski definition) is 4. The normalized spacial score (nSPS) is 11.6. The van der Waals surface area contributed by atoms with Crippen molar-refractivity contribution in [1.29, 1.82) is 0 Å². The number of amides is 1. The molecule has 0 aromatic heterocycles. The average molecular weight is 217 g/mol. The highest BCUT2D eigenvalue weighted by Crippen LogP contribution is 2.00. The molecule has 0 heterocycles. The van der Waals surface area contributed by atoms with Crippen molar-refractivity contribution in [1.82, 2.24) is 4.90 Å². The molecular weight excluding hydrogens is 206 g/mol. The molecule has 1 amide bonds. The Morgan fingerprint density at radius 1 is 1.20 bits per heavy atom. The standard InChI is InChI=1S/C8H11NO6/c1-4(7(12)13)9(5(2)10)3-6(11)8(14)15/h4H,3H2,1-2H3,(H,12,13)(H,14,15)/t4-/m0/s1. The zero-order valence-electron chi connectivity index (χ0n) is 8.26. The van der Waals surface area contributed by atoms with Gasteiger partial charge in [0.25, 0.3) is 5.78 Å². The fourth-order valence-electron chi connectivity index (χ4n) is 0.877. The van der Waals surface area contributed by atoms with E-state index in [0.29, 0.717) is 4.90 Å². The van der Waals surface area contributed by atoms with Gasteiger partial charge < -0.3 is 15.1 Å². The molecule has 0 spiro atoms. The van der Waals surface area contributed by atoms with Crippen LogP contribution >= 0.6 is 0 Å². The van der Waals surface area contributed by atoms with Gasteiger partial charge in [-0.1, -0.05) is 0 Å². The van der Waals surface area contributed by atoms with E-state index < -0.39 is 36.2 Å². The molecule has 15 heavy (non-hydrogen) atoms. The van der Waals surface area contributed by atoms with Crippen LogP contribution in [0.1, 0.15) is 13.8 Å². The molecule has 7 nitrogen and oxygen atoms in total. The second-order valence-electron chi connectivity index (χ2n) is 2.89. The van der Waals surface area contributed by atoms with Crippen LogP contribution in [0.2, 0.25) is 0 Å². The van der Waals surface area contributed by atoms with Crippen LogP contribution in [0.25, 0.3) is 0 Å². The van der Waals surface area contributed by atoms with Crippen LogP contribution in [-0.4, -0.2) is 51.3 Å². The van der Waals surface area contributed by atoms with Crippen LogP contribution < -0.4 is 0 Å². The number of carboxylic acids is 2. The van der Waals surface area contributed by atoms with Crippen LogP contribution in [0.4, 0.5) is 0 Å². The van der Waals surface area contributed by atoms with Crippen LogP contribution in [0.3, 0.4) is 0 Å². The van der Waals surface area contributed by atoms with Gasteiger partial charge >= 0.3 is 11.9 Å². The number of rotatable bonds is 5. The molecule has 0 radical (unpaired) electrons. The van der Waals surface area contributed by atoms with E-state index in [0.717, 1.165) is 6.92 Å². The van der Waals surface area contributed by atoms with Crippen molar-refractivity contribution in [2.75, 3.05) is 6.54 Å². The van der Waals surface area contributed by atoms with Crippen LogP contribution in [0.15, 0.2) is 0 Å². The number of carbonyl (C=O) groups excluding carboxylic acids is 2. The van der Waals surface area contributed by atoms with E-state index in [1.54, 1.807) is 0 Å². The third-order valence-electron chi connectivity index (χ3n) is 1.78. The Hall–Kier alpha value is -1.92. The van der Waals surface area contributed by atoms with E-state index in [1.165, 1.54) is 6.92 Å². The SMILES string of the molecule is CC(=O)N(CC(=O)C(=O)O)[C@@H](C)C(=O)O. The van der Waals surface area contributed by atoms with Gasteiger partial charge in [0.1, 0.15) is 6.04 Å². The van der Waals surface area contributed by atoms with Crippen molar-refractivity contribution >= 4 is 23.6 Å². The number of carbonyl (C=O) groups is 4. The van der Waals surface area contributed by atoms with Gasteiger partial charge in [0.2, 0.25) is 5.91 Å². The summed E-state index contributed by atoms with van der Waals surface area (Å²) in [7, 11) is 0. The van der Waals surface area contributed by atoms with Gasteiger partial charge in [0, 0.05) is 6.92 Å².